The van der Waals surface area contributed by atoms with Crippen LogP contribution in [0.2, 0.25) is 0 Å². The number of phenolic OH excluding ortho intramolecular Hbond substituents is 1. The third kappa shape index (κ3) is 3.14. The summed E-state index contributed by atoms with van der Waals surface area (Å²) in [4.78, 5) is 12.0. The maximum Gasteiger partial charge on any atom is 0.240 e. The Hall–Kier alpha value is -2.34. The number of nitrogens with zero attached hydrogens (tertiary/aromatic N) is 2. The Labute approximate surface area is 148 Å². The summed E-state index contributed by atoms with van der Waals surface area (Å²) in [6.07, 6.45) is 0.543. The highest BCUT2D eigenvalue weighted by Gasteiger charge is 2.32. The van der Waals surface area contributed by atoms with Gasteiger partial charge in [-0.25, -0.2) is 5.01 Å². The molecule has 0 saturated heterocycles. The molecular formula is C18H17BrN2O3. The van der Waals surface area contributed by atoms with Crippen LogP contribution < -0.4 is 4.74 Å². The quantitative estimate of drug-likeness (QED) is 0.867. The first-order valence-electron chi connectivity index (χ1n) is 7.49. The van der Waals surface area contributed by atoms with Crippen molar-refractivity contribution in [3.05, 3.63) is 58.1 Å². The number of carbonyl (C=O) groups excluding carboxylic acids is 1. The van der Waals surface area contributed by atoms with Gasteiger partial charge in [0.25, 0.3) is 0 Å². The molecule has 2 aromatic rings. The molecule has 5 nitrogen and oxygen atoms in total. The van der Waals surface area contributed by atoms with Crippen LogP contribution in [0.1, 0.15) is 30.5 Å². The molecule has 0 saturated carbocycles. The zero-order valence-corrected chi connectivity index (χ0v) is 14.9. The minimum absolute atomic E-state index is 0.0908. The molecule has 1 N–H and O–H groups in total. The molecule has 0 aromatic heterocycles. The molecule has 24 heavy (non-hydrogen) atoms. The molecule has 6 heteroatoms. The number of aromatic hydroxyl groups is 1. The van der Waals surface area contributed by atoms with Gasteiger partial charge in [0.1, 0.15) is 11.5 Å². The zero-order chi connectivity index (χ0) is 17.3. The summed E-state index contributed by atoms with van der Waals surface area (Å²) >= 11 is 3.42. The normalized spacial score (nSPS) is 16.9. The summed E-state index contributed by atoms with van der Waals surface area (Å²) in [6, 6.07) is 12.7. The van der Waals surface area contributed by atoms with Crippen molar-refractivity contribution in [2.24, 2.45) is 5.10 Å². The molecule has 124 valence electrons. The van der Waals surface area contributed by atoms with E-state index in [1.165, 1.54) is 11.9 Å². The van der Waals surface area contributed by atoms with Crippen LogP contribution in [0.4, 0.5) is 0 Å². The van der Waals surface area contributed by atoms with Crippen molar-refractivity contribution in [2.75, 3.05) is 7.11 Å². The summed E-state index contributed by atoms with van der Waals surface area (Å²) in [7, 11) is 1.54. The fourth-order valence-corrected chi connectivity index (χ4v) is 3.05. The van der Waals surface area contributed by atoms with Crippen LogP contribution in [-0.4, -0.2) is 28.8 Å². The second-order valence-corrected chi connectivity index (χ2v) is 6.48. The summed E-state index contributed by atoms with van der Waals surface area (Å²) in [6.45, 7) is 1.49. The average Bonchev–Trinajstić information content (AvgIpc) is 3.00. The van der Waals surface area contributed by atoms with Gasteiger partial charge in [0.2, 0.25) is 5.91 Å². The van der Waals surface area contributed by atoms with Gasteiger partial charge in [-0.1, -0.05) is 28.1 Å². The fourth-order valence-electron chi connectivity index (χ4n) is 2.79. The molecule has 0 aliphatic carbocycles. The van der Waals surface area contributed by atoms with E-state index in [0.29, 0.717) is 23.4 Å². The van der Waals surface area contributed by atoms with Crippen LogP contribution in [-0.2, 0) is 4.79 Å². The lowest BCUT2D eigenvalue weighted by Crippen LogP contribution is -2.24. The Morgan fingerprint density at radius 1 is 1.29 bits per heavy atom. The van der Waals surface area contributed by atoms with Crippen molar-refractivity contribution in [3.63, 3.8) is 0 Å². The van der Waals surface area contributed by atoms with Crippen molar-refractivity contribution in [1.29, 1.82) is 0 Å². The third-order valence-corrected chi connectivity index (χ3v) is 4.53. The van der Waals surface area contributed by atoms with E-state index < -0.39 is 0 Å². The number of methoxy groups -OCH3 is 1. The first kappa shape index (κ1) is 16.5. The lowest BCUT2D eigenvalue weighted by atomic mass is 9.98. The Bertz CT molecular complexity index is 802. The number of hydrogen-bond acceptors (Lipinski definition) is 4. The summed E-state index contributed by atoms with van der Waals surface area (Å²) in [5.74, 6) is 0.529. The maximum atomic E-state index is 12.0. The smallest absolute Gasteiger partial charge is 0.240 e. The molecule has 0 spiro atoms. The number of hydrogen-bond donors (Lipinski definition) is 1. The van der Waals surface area contributed by atoms with E-state index >= 15 is 0 Å². The van der Waals surface area contributed by atoms with Gasteiger partial charge in [-0.2, -0.15) is 5.10 Å². The van der Waals surface area contributed by atoms with E-state index in [-0.39, 0.29) is 17.7 Å². The van der Waals surface area contributed by atoms with Gasteiger partial charge in [0.15, 0.2) is 0 Å². The number of carbonyl (C=O) groups is 1. The number of benzene rings is 2. The molecule has 1 unspecified atom stereocenters. The number of ether oxygens (including phenoxy) is 1. The number of halogens is 1. The van der Waals surface area contributed by atoms with E-state index in [4.69, 9.17) is 4.74 Å². The number of rotatable bonds is 3. The number of amides is 1. The predicted molar refractivity (Wildman–Crippen MR) is 95.2 cm³/mol. The topological polar surface area (TPSA) is 62.1 Å². The summed E-state index contributed by atoms with van der Waals surface area (Å²) in [5, 5.41) is 16.1. The van der Waals surface area contributed by atoms with Crippen molar-refractivity contribution >= 4 is 27.5 Å². The zero-order valence-electron chi connectivity index (χ0n) is 13.4. The molecule has 1 heterocycles. The average molecular weight is 389 g/mol. The minimum atomic E-state index is -0.174. The highest BCUT2D eigenvalue weighted by molar-refractivity contribution is 9.10. The van der Waals surface area contributed by atoms with Crippen molar-refractivity contribution < 1.29 is 14.6 Å². The van der Waals surface area contributed by atoms with Gasteiger partial charge in [0.05, 0.1) is 18.9 Å². The van der Waals surface area contributed by atoms with Crippen LogP contribution in [0.15, 0.2) is 52.0 Å². The molecule has 1 amide bonds. The predicted octanol–water partition coefficient (Wildman–Crippen LogP) is 3.86. The van der Waals surface area contributed by atoms with Crippen molar-refractivity contribution in [2.45, 2.75) is 19.4 Å². The molecule has 0 fully saturated rings. The van der Waals surface area contributed by atoms with E-state index in [9.17, 15) is 9.90 Å². The Morgan fingerprint density at radius 2 is 2.00 bits per heavy atom. The monoisotopic (exact) mass is 388 g/mol. The third-order valence-electron chi connectivity index (χ3n) is 4.00. The van der Waals surface area contributed by atoms with Gasteiger partial charge in [-0.05, 0) is 29.8 Å². The molecule has 1 aliphatic heterocycles. The highest BCUT2D eigenvalue weighted by atomic mass is 79.9. The van der Waals surface area contributed by atoms with Crippen LogP contribution in [0, 0.1) is 0 Å². The van der Waals surface area contributed by atoms with Crippen LogP contribution in [0.25, 0.3) is 0 Å². The highest BCUT2D eigenvalue weighted by Crippen LogP contribution is 2.36. The second-order valence-electron chi connectivity index (χ2n) is 5.56. The van der Waals surface area contributed by atoms with E-state index in [1.54, 1.807) is 25.3 Å². The number of hydrazone groups is 1. The molecular weight excluding hydrogens is 372 g/mol. The van der Waals surface area contributed by atoms with Gasteiger partial charge < -0.3 is 9.84 Å². The van der Waals surface area contributed by atoms with Crippen LogP contribution in [0.5, 0.6) is 11.5 Å². The van der Waals surface area contributed by atoms with Crippen LogP contribution >= 0.6 is 15.9 Å². The van der Waals surface area contributed by atoms with Gasteiger partial charge in [-0.3, -0.25) is 4.79 Å². The Kier molecular flexibility index (Phi) is 4.57. The van der Waals surface area contributed by atoms with Gasteiger partial charge in [0, 0.05) is 29.4 Å². The van der Waals surface area contributed by atoms with E-state index in [0.717, 1.165) is 10.0 Å². The minimum Gasteiger partial charge on any atom is -0.507 e. The van der Waals surface area contributed by atoms with Crippen LogP contribution in [0.3, 0.4) is 0 Å². The molecule has 0 bridgehead atoms. The molecule has 1 aliphatic rings. The first-order chi connectivity index (χ1) is 11.5. The van der Waals surface area contributed by atoms with Crippen molar-refractivity contribution in [1.82, 2.24) is 5.01 Å². The Balaban J connectivity index is 1.95. The number of phenols is 1. The van der Waals surface area contributed by atoms with E-state index in [2.05, 4.69) is 21.0 Å². The van der Waals surface area contributed by atoms with Gasteiger partial charge >= 0.3 is 0 Å². The summed E-state index contributed by atoms with van der Waals surface area (Å²) in [5.41, 5.74) is 2.29. The van der Waals surface area contributed by atoms with E-state index in [1.807, 2.05) is 24.3 Å². The fraction of sp³-hybridized carbons (Fsp3) is 0.222. The standard InChI is InChI=1S/C18H17BrN2O3/c1-11(22)21-17(12-3-5-13(19)6-4-12)10-16(20-21)15-8-7-14(24-2)9-18(15)23/h3-9,17,23H,10H2,1-2H3. The maximum absolute atomic E-state index is 12.0. The lowest BCUT2D eigenvalue weighted by Gasteiger charge is -2.20. The molecule has 3 rings (SSSR count). The first-order valence-corrected chi connectivity index (χ1v) is 8.29. The molecule has 2 aromatic carbocycles. The molecule has 0 radical (unpaired) electrons. The SMILES string of the molecule is COc1ccc(C2=NN(C(C)=O)C(c3ccc(Br)cc3)C2)c(O)c1. The molecule has 1 atom stereocenters. The largest absolute Gasteiger partial charge is 0.507 e. The Morgan fingerprint density at radius 3 is 2.58 bits per heavy atom. The second kappa shape index (κ2) is 6.65. The lowest BCUT2D eigenvalue weighted by molar-refractivity contribution is -0.130. The summed E-state index contributed by atoms with van der Waals surface area (Å²) < 4.78 is 6.08. The van der Waals surface area contributed by atoms with Gasteiger partial charge in [-0.15, -0.1) is 0 Å². The van der Waals surface area contributed by atoms with Crippen molar-refractivity contribution in [3.8, 4) is 11.5 Å².